The Morgan fingerprint density at radius 3 is 1.56 bits per heavy atom. The summed E-state index contributed by atoms with van der Waals surface area (Å²) in [6.45, 7) is 26.7. The summed E-state index contributed by atoms with van der Waals surface area (Å²) in [5, 5.41) is 0. The molecule has 1 aromatic rings. The van der Waals surface area contributed by atoms with E-state index >= 15 is 0 Å². The van der Waals surface area contributed by atoms with Gasteiger partial charge in [0.2, 0.25) is 0 Å². The Labute approximate surface area is 226 Å². The van der Waals surface area contributed by atoms with Crippen molar-refractivity contribution >= 4 is 0 Å². The molecule has 208 valence electrons. The fraction of sp³-hybridized carbons (Fsp3) is 0.829. The molecule has 6 unspecified atom stereocenters. The van der Waals surface area contributed by atoms with Crippen molar-refractivity contribution in [1.82, 2.24) is 0 Å². The van der Waals surface area contributed by atoms with Gasteiger partial charge >= 0.3 is 0 Å². The smallest absolute Gasteiger partial charge is 0.0468 e. The third-order valence-corrected chi connectivity index (χ3v) is 10.00. The number of rotatable bonds is 15. The van der Waals surface area contributed by atoms with Crippen LogP contribution in [0.4, 0.5) is 0 Å². The molecule has 1 aromatic carbocycles. The maximum Gasteiger partial charge on any atom is 0.0468 e. The zero-order valence-electron chi connectivity index (χ0n) is 25.8. The van der Waals surface area contributed by atoms with Gasteiger partial charge in [0, 0.05) is 13.2 Å². The topological polar surface area (TPSA) is 9.23 Å². The maximum absolute atomic E-state index is 5.69. The molecule has 0 spiro atoms. The second-order valence-electron chi connectivity index (χ2n) is 13.8. The average molecular weight is 499 g/mol. The van der Waals surface area contributed by atoms with Gasteiger partial charge in [-0.2, -0.15) is 0 Å². The number of hydrogen-bond donors (Lipinski definition) is 0. The molecule has 1 aliphatic rings. The first-order valence-electron chi connectivity index (χ1n) is 15.7. The molecule has 6 atom stereocenters. The van der Waals surface area contributed by atoms with E-state index in [-0.39, 0.29) is 0 Å². The minimum Gasteiger partial charge on any atom is -0.381 e. The Morgan fingerprint density at radius 2 is 1.08 bits per heavy atom. The van der Waals surface area contributed by atoms with Crippen LogP contribution in [0, 0.1) is 59.2 Å². The zero-order valence-corrected chi connectivity index (χ0v) is 25.8. The summed E-state index contributed by atoms with van der Waals surface area (Å²) < 4.78 is 5.69. The summed E-state index contributed by atoms with van der Waals surface area (Å²) in [4.78, 5) is 0. The predicted molar refractivity (Wildman–Crippen MR) is 159 cm³/mol. The number of benzene rings is 1. The molecule has 0 aromatic heterocycles. The van der Waals surface area contributed by atoms with Crippen molar-refractivity contribution in [3.05, 3.63) is 35.9 Å². The summed E-state index contributed by atoms with van der Waals surface area (Å²) in [5.74, 6) is 8.49. The Kier molecular flexibility index (Phi) is 13.6. The van der Waals surface area contributed by atoms with Crippen molar-refractivity contribution in [2.75, 3.05) is 13.2 Å². The van der Waals surface area contributed by atoms with Gasteiger partial charge in [-0.15, -0.1) is 0 Å². The summed E-state index contributed by atoms with van der Waals surface area (Å²) in [5.41, 5.74) is 1.56. The van der Waals surface area contributed by atoms with Crippen molar-refractivity contribution in [2.24, 2.45) is 59.2 Å². The first-order valence-corrected chi connectivity index (χ1v) is 15.7. The van der Waals surface area contributed by atoms with E-state index < -0.39 is 0 Å². The van der Waals surface area contributed by atoms with Crippen LogP contribution < -0.4 is 0 Å². The maximum atomic E-state index is 5.69. The second-order valence-corrected chi connectivity index (χ2v) is 13.8. The highest BCUT2D eigenvalue weighted by molar-refractivity contribution is 5.21. The third kappa shape index (κ3) is 9.18. The normalized spacial score (nSPS) is 20.6. The van der Waals surface area contributed by atoms with Gasteiger partial charge in [-0.25, -0.2) is 0 Å². The largest absolute Gasteiger partial charge is 0.381 e. The summed E-state index contributed by atoms with van der Waals surface area (Å²) >= 11 is 0. The van der Waals surface area contributed by atoms with Crippen LogP contribution in [0.15, 0.2) is 30.3 Å². The molecular weight excluding hydrogens is 436 g/mol. The predicted octanol–water partition coefficient (Wildman–Crippen LogP) is 10.5. The highest BCUT2D eigenvalue weighted by atomic mass is 16.5. The van der Waals surface area contributed by atoms with Crippen LogP contribution in [0.1, 0.15) is 119 Å². The number of hydrogen-bond acceptors (Lipinski definition) is 1. The molecule has 0 N–H and O–H groups in total. The molecule has 1 fully saturated rings. The lowest BCUT2D eigenvalue weighted by atomic mass is 9.68. The highest BCUT2D eigenvalue weighted by Crippen LogP contribution is 2.42. The lowest BCUT2D eigenvalue weighted by Crippen LogP contribution is -2.31. The van der Waals surface area contributed by atoms with Crippen molar-refractivity contribution < 1.29 is 4.74 Å². The molecule has 1 nitrogen and oxygen atoms in total. The van der Waals surface area contributed by atoms with Gasteiger partial charge in [-0.1, -0.05) is 112 Å². The van der Waals surface area contributed by atoms with Gasteiger partial charge < -0.3 is 4.74 Å². The summed E-state index contributed by atoms with van der Waals surface area (Å²) in [6, 6.07) is 11.5. The van der Waals surface area contributed by atoms with Gasteiger partial charge in [0.25, 0.3) is 0 Å². The third-order valence-electron chi connectivity index (χ3n) is 10.00. The fourth-order valence-corrected chi connectivity index (χ4v) is 8.54. The van der Waals surface area contributed by atoms with E-state index in [1.165, 1.54) is 38.5 Å². The Bertz CT molecular complexity index is 678. The van der Waals surface area contributed by atoms with Gasteiger partial charge in [0.15, 0.2) is 0 Å². The molecule has 1 heteroatoms. The lowest BCUT2D eigenvalue weighted by molar-refractivity contribution is 0.0207. The summed E-state index contributed by atoms with van der Waals surface area (Å²) in [6.07, 6.45) is 7.92. The van der Waals surface area contributed by atoms with Crippen LogP contribution in [-0.4, -0.2) is 13.2 Å². The quantitative estimate of drug-likeness (QED) is 0.234. The zero-order chi connectivity index (χ0) is 26.8. The van der Waals surface area contributed by atoms with E-state index in [1.54, 1.807) is 5.56 Å². The van der Waals surface area contributed by atoms with Crippen molar-refractivity contribution in [2.45, 2.75) is 114 Å². The number of ether oxygens (including phenoxy) is 1. The minimum atomic E-state index is 0.655. The van der Waals surface area contributed by atoms with Gasteiger partial charge in [-0.05, 0) is 96.3 Å². The van der Waals surface area contributed by atoms with Gasteiger partial charge in [0.1, 0.15) is 0 Å². The highest BCUT2D eigenvalue weighted by Gasteiger charge is 2.33. The molecule has 1 heterocycles. The Hall–Kier alpha value is -0.820. The van der Waals surface area contributed by atoms with E-state index in [4.69, 9.17) is 4.74 Å². The van der Waals surface area contributed by atoms with Crippen molar-refractivity contribution in [3.63, 3.8) is 0 Å². The Morgan fingerprint density at radius 1 is 0.611 bits per heavy atom. The second kappa shape index (κ2) is 15.6. The van der Waals surface area contributed by atoms with Crippen LogP contribution in [0.2, 0.25) is 0 Å². The molecule has 1 saturated heterocycles. The van der Waals surface area contributed by atoms with Crippen LogP contribution in [-0.2, 0) is 4.74 Å². The first kappa shape index (κ1) is 31.4. The molecule has 0 amide bonds. The molecule has 2 rings (SSSR count). The fourth-order valence-electron chi connectivity index (χ4n) is 8.54. The van der Waals surface area contributed by atoms with Gasteiger partial charge in [-0.3, -0.25) is 0 Å². The lowest BCUT2D eigenvalue weighted by Gasteiger charge is -2.38. The molecule has 0 bridgehead atoms. The van der Waals surface area contributed by atoms with Crippen LogP contribution >= 0.6 is 0 Å². The van der Waals surface area contributed by atoms with E-state index in [1.807, 2.05) is 0 Å². The summed E-state index contributed by atoms with van der Waals surface area (Å²) in [7, 11) is 0. The SMILES string of the molecule is CC(C)C(C(C)C)C(C)CCC(C)C(c1ccccc1)C(C)CCC(C)C(C(C)C)C1CCOCC1. The molecule has 0 radical (unpaired) electrons. The van der Waals surface area contributed by atoms with Crippen LogP contribution in [0.5, 0.6) is 0 Å². The standard InChI is InChI=1S/C35H62O/c1-24(2)33(25(3)4)27(7)16-18-29(9)35(31-14-12-11-13-15-31)30(10)19-17-28(8)34(26(5)6)32-20-22-36-23-21-32/h11-15,24-30,32-35H,16-23H2,1-10H3. The van der Waals surface area contributed by atoms with E-state index in [2.05, 4.69) is 99.6 Å². The van der Waals surface area contributed by atoms with E-state index in [0.29, 0.717) is 11.8 Å². The molecule has 0 saturated carbocycles. The first-order chi connectivity index (χ1) is 17.0. The average Bonchev–Trinajstić information content (AvgIpc) is 2.82. The molecule has 1 aliphatic heterocycles. The molecule has 36 heavy (non-hydrogen) atoms. The molecule has 0 aliphatic carbocycles. The van der Waals surface area contributed by atoms with E-state index in [0.717, 1.165) is 66.5 Å². The van der Waals surface area contributed by atoms with Crippen molar-refractivity contribution in [3.8, 4) is 0 Å². The molecular formula is C35H62O. The van der Waals surface area contributed by atoms with Gasteiger partial charge in [0.05, 0.1) is 0 Å². The van der Waals surface area contributed by atoms with Crippen molar-refractivity contribution in [1.29, 1.82) is 0 Å². The Balaban J connectivity index is 2.07. The monoisotopic (exact) mass is 498 g/mol. The van der Waals surface area contributed by atoms with Crippen LogP contribution in [0.25, 0.3) is 0 Å². The minimum absolute atomic E-state index is 0.655. The van der Waals surface area contributed by atoms with Crippen LogP contribution in [0.3, 0.4) is 0 Å². The van der Waals surface area contributed by atoms with E-state index in [9.17, 15) is 0 Å².